The number of aryl methyl sites for hydroxylation is 1. The quantitative estimate of drug-likeness (QED) is 0.212. The summed E-state index contributed by atoms with van der Waals surface area (Å²) in [7, 11) is 3.18. The van der Waals surface area contributed by atoms with Gasteiger partial charge in [-0.25, -0.2) is 5.43 Å². The normalized spacial score (nSPS) is 10.9. The molecule has 0 unspecified atom stereocenters. The van der Waals surface area contributed by atoms with Crippen molar-refractivity contribution in [2.24, 2.45) is 5.10 Å². The van der Waals surface area contributed by atoms with Gasteiger partial charge in [0.15, 0.2) is 22.5 Å². The lowest BCUT2D eigenvalue weighted by Gasteiger charge is -2.12. The van der Waals surface area contributed by atoms with Crippen LogP contribution in [0.4, 0.5) is 0 Å². The van der Waals surface area contributed by atoms with Gasteiger partial charge in [-0.15, -0.1) is 10.2 Å². The first-order valence-corrected chi connectivity index (χ1v) is 11.8. The van der Waals surface area contributed by atoms with Crippen LogP contribution in [0.1, 0.15) is 11.1 Å². The number of carbonyl (C=O) groups is 1. The molecule has 0 radical (unpaired) electrons. The van der Waals surface area contributed by atoms with Crippen LogP contribution in [-0.2, 0) is 4.79 Å². The van der Waals surface area contributed by atoms with Gasteiger partial charge in [-0.2, -0.15) is 5.10 Å². The van der Waals surface area contributed by atoms with Crippen LogP contribution >= 0.6 is 11.8 Å². The number of hydrogen-bond donors (Lipinski definition) is 1. The first-order valence-electron chi connectivity index (χ1n) is 10.8. The molecular formula is C26H25N5O3S. The molecular weight excluding hydrogens is 462 g/mol. The number of thioether (sulfide) groups is 1. The lowest BCUT2D eigenvalue weighted by atomic mass is 10.2. The SMILES string of the molecule is COc1ccc(-c2nnc(SCC(=O)NN=Cc3ccc(C)cc3)n2-c2ccccc2)cc1OC. The molecule has 35 heavy (non-hydrogen) atoms. The average Bonchev–Trinajstić information content (AvgIpc) is 3.32. The fraction of sp³-hybridized carbons (Fsp3) is 0.154. The van der Waals surface area contributed by atoms with E-state index in [2.05, 4.69) is 20.7 Å². The van der Waals surface area contributed by atoms with Crippen molar-refractivity contribution in [1.82, 2.24) is 20.2 Å². The van der Waals surface area contributed by atoms with E-state index in [0.29, 0.717) is 22.5 Å². The molecule has 4 rings (SSSR count). The molecule has 0 aliphatic rings. The number of nitrogens with one attached hydrogen (secondary N) is 1. The van der Waals surface area contributed by atoms with Crippen molar-refractivity contribution in [2.75, 3.05) is 20.0 Å². The van der Waals surface area contributed by atoms with E-state index in [1.165, 1.54) is 11.8 Å². The number of benzene rings is 3. The van der Waals surface area contributed by atoms with Gasteiger partial charge in [0.2, 0.25) is 0 Å². The predicted octanol–water partition coefficient (Wildman–Crippen LogP) is 4.50. The molecule has 0 saturated carbocycles. The van der Waals surface area contributed by atoms with Crippen molar-refractivity contribution < 1.29 is 14.3 Å². The van der Waals surface area contributed by atoms with E-state index in [-0.39, 0.29) is 11.7 Å². The summed E-state index contributed by atoms with van der Waals surface area (Å²) in [5.41, 5.74) is 6.32. The minimum Gasteiger partial charge on any atom is -0.493 e. The molecule has 0 saturated heterocycles. The van der Waals surface area contributed by atoms with E-state index < -0.39 is 0 Å². The van der Waals surface area contributed by atoms with Crippen LogP contribution in [0.5, 0.6) is 11.5 Å². The lowest BCUT2D eigenvalue weighted by Crippen LogP contribution is -2.20. The van der Waals surface area contributed by atoms with Gasteiger partial charge >= 0.3 is 0 Å². The molecule has 1 heterocycles. The molecule has 1 aromatic heterocycles. The van der Waals surface area contributed by atoms with Crippen molar-refractivity contribution in [3.63, 3.8) is 0 Å². The molecule has 9 heteroatoms. The van der Waals surface area contributed by atoms with Gasteiger partial charge < -0.3 is 9.47 Å². The largest absolute Gasteiger partial charge is 0.493 e. The third kappa shape index (κ3) is 5.88. The third-order valence-corrected chi connectivity index (χ3v) is 6.03. The Bertz CT molecular complexity index is 1320. The number of ether oxygens (including phenoxy) is 2. The molecule has 0 aliphatic heterocycles. The Morgan fingerprint density at radius 1 is 1.00 bits per heavy atom. The summed E-state index contributed by atoms with van der Waals surface area (Å²) in [6, 6.07) is 23.2. The van der Waals surface area contributed by atoms with E-state index in [0.717, 1.165) is 22.4 Å². The highest BCUT2D eigenvalue weighted by molar-refractivity contribution is 7.99. The summed E-state index contributed by atoms with van der Waals surface area (Å²) in [6.45, 7) is 2.02. The number of hydrogen-bond acceptors (Lipinski definition) is 7. The molecule has 0 atom stereocenters. The lowest BCUT2D eigenvalue weighted by molar-refractivity contribution is -0.118. The molecule has 8 nitrogen and oxygen atoms in total. The van der Waals surface area contributed by atoms with Gasteiger partial charge in [-0.05, 0) is 42.8 Å². The van der Waals surface area contributed by atoms with E-state index >= 15 is 0 Å². The maximum absolute atomic E-state index is 12.4. The van der Waals surface area contributed by atoms with E-state index in [1.807, 2.05) is 84.3 Å². The second kappa shape index (κ2) is 11.3. The van der Waals surface area contributed by atoms with Crippen molar-refractivity contribution in [2.45, 2.75) is 12.1 Å². The first kappa shape index (κ1) is 24.0. The fourth-order valence-corrected chi connectivity index (χ4v) is 4.07. The number of methoxy groups -OCH3 is 2. The topological polar surface area (TPSA) is 90.6 Å². The van der Waals surface area contributed by atoms with Crippen molar-refractivity contribution in [1.29, 1.82) is 0 Å². The number of carbonyl (C=O) groups excluding carboxylic acids is 1. The van der Waals surface area contributed by atoms with Crippen LogP contribution < -0.4 is 14.9 Å². The van der Waals surface area contributed by atoms with Gasteiger partial charge in [0.05, 0.1) is 26.2 Å². The highest BCUT2D eigenvalue weighted by Gasteiger charge is 2.18. The van der Waals surface area contributed by atoms with Gasteiger partial charge in [0.1, 0.15) is 0 Å². The van der Waals surface area contributed by atoms with E-state index in [4.69, 9.17) is 9.47 Å². The minimum absolute atomic E-state index is 0.127. The summed E-state index contributed by atoms with van der Waals surface area (Å²) < 4.78 is 12.7. The average molecular weight is 488 g/mol. The zero-order valence-corrected chi connectivity index (χ0v) is 20.5. The van der Waals surface area contributed by atoms with E-state index in [9.17, 15) is 4.79 Å². The molecule has 0 spiro atoms. The zero-order chi connectivity index (χ0) is 24.6. The van der Waals surface area contributed by atoms with Crippen LogP contribution in [-0.4, -0.2) is 46.9 Å². The summed E-state index contributed by atoms with van der Waals surface area (Å²) in [5.74, 6) is 1.72. The number of nitrogens with zero attached hydrogens (tertiary/aromatic N) is 4. The smallest absolute Gasteiger partial charge is 0.250 e. The molecule has 1 N–H and O–H groups in total. The minimum atomic E-state index is -0.242. The van der Waals surface area contributed by atoms with Crippen LogP contribution in [0.15, 0.2) is 83.1 Å². The first-order chi connectivity index (χ1) is 17.1. The molecule has 0 bridgehead atoms. The highest BCUT2D eigenvalue weighted by atomic mass is 32.2. The Hall–Kier alpha value is -4.11. The number of amides is 1. The maximum atomic E-state index is 12.4. The second-order valence-electron chi connectivity index (χ2n) is 7.54. The Morgan fingerprint density at radius 2 is 1.74 bits per heavy atom. The zero-order valence-electron chi connectivity index (χ0n) is 19.6. The maximum Gasteiger partial charge on any atom is 0.250 e. The van der Waals surface area contributed by atoms with Crippen molar-refractivity contribution in [3.05, 3.63) is 83.9 Å². The Morgan fingerprint density at radius 3 is 2.46 bits per heavy atom. The third-order valence-electron chi connectivity index (χ3n) is 5.10. The Balaban J connectivity index is 1.54. The van der Waals surface area contributed by atoms with Crippen LogP contribution in [0.2, 0.25) is 0 Å². The molecule has 178 valence electrons. The molecule has 3 aromatic carbocycles. The molecule has 0 fully saturated rings. The predicted molar refractivity (Wildman–Crippen MR) is 138 cm³/mol. The van der Waals surface area contributed by atoms with Crippen molar-refractivity contribution in [3.8, 4) is 28.6 Å². The van der Waals surface area contributed by atoms with Crippen LogP contribution in [0.3, 0.4) is 0 Å². The van der Waals surface area contributed by atoms with Gasteiger partial charge in [0.25, 0.3) is 5.91 Å². The second-order valence-corrected chi connectivity index (χ2v) is 8.48. The number of aromatic nitrogens is 3. The van der Waals surface area contributed by atoms with Gasteiger partial charge in [0, 0.05) is 11.3 Å². The highest BCUT2D eigenvalue weighted by Crippen LogP contribution is 2.34. The number of rotatable bonds is 9. The fourth-order valence-electron chi connectivity index (χ4n) is 3.33. The molecule has 0 aliphatic carbocycles. The van der Waals surface area contributed by atoms with E-state index in [1.54, 1.807) is 20.4 Å². The summed E-state index contributed by atoms with van der Waals surface area (Å²) in [5, 5.41) is 13.4. The Kier molecular flexibility index (Phi) is 7.79. The molecule has 1 amide bonds. The van der Waals surface area contributed by atoms with Crippen LogP contribution in [0, 0.1) is 6.92 Å². The monoisotopic (exact) mass is 487 g/mol. The number of para-hydroxylation sites is 1. The van der Waals surface area contributed by atoms with Crippen LogP contribution in [0.25, 0.3) is 17.1 Å². The van der Waals surface area contributed by atoms with Crippen molar-refractivity contribution >= 4 is 23.9 Å². The van der Waals surface area contributed by atoms with Gasteiger partial charge in [-0.3, -0.25) is 9.36 Å². The summed E-state index contributed by atoms with van der Waals surface area (Å²) in [6.07, 6.45) is 1.61. The summed E-state index contributed by atoms with van der Waals surface area (Å²) in [4.78, 5) is 12.4. The number of hydrazone groups is 1. The standard InChI is InChI=1S/C26H25N5O3S/c1-18-9-11-19(12-10-18)16-27-28-24(32)17-35-26-30-29-25(31(26)21-7-5-4-6-8-21)20-13-14-22(33-2)23(15-20)34-3/h4-16H,17H2,1-3H3,(H,28,32). The molecule has 4 aromatic rings. The summed E-state index contributed by atoms with van der Waals surface area (Å²) >= 11 is 1.28. The van der Waals surface area contributed by atoms with Gasteiger partial charge in [-0.1, -0.05) is 59.8 Å². The Labute approximate surface area is 208 Å².